The molecule has 4 atom stereocenters. The molecule has 0 heterocycles. The fourth-order valence-corrected chi connectivity index (χ4v) is 4.96. The highest BCUT2D eigenvalue weighted by Crippen LogP contribution is 2.48. The van der Waals surface area contributed by atoms with Gasteiger partial charge in [0.1, 0.15) is 11.5 Å². The van der Waals surface area contributed by atoms with Crippen LogP contribution in [0.2, 0.25) is 0 Å². The van der Waals surface area contributed by atoms with Crippen molar-refractivity contribution in [1.29, 1.82) is 0 Å². The quantitative estimate of drug-likeness (QED) is 0.449. The van der Waals surface area contributed by atoms with Crippen LogP contribution in [0.25, 0.3) is 5.57 Å². The van der Waals surface area contributed by atoms with E-state index >= 15 is 8.78 Å². The van der Waals surface area contributed by atoms with Gasteiger partial charge in [0, 0.05) is 0 Å². The van der Waals surface area contributed by atoms with Crippen LogP contribution in [0.15, 0.2) is 41.7 Å². The molecule has 0 aromatic heterocycles. The van der Waals surface area contributed by atoms with Gasteiger partial charge in [-0.05, 0) is 61.5 Å². The highest BCUT2D eigenvalue weighted by atomic mass is 79.9. The van der Waals surface area contributed by atoms with E-state index < -0.39 is 46.6 Å². The zero-order valence-corrected chi connectivity index (χ0v) is 20.1. The summed E-state index contributed by atoms with van der Waals surface area (Å²) in [5.74, 6) is -3.72. The number of rotatable bonds is 8. The fourth-order valence-electron chi connectivity index (χ4n) is 4.08. The van der Waals surface area contributed by atoms with E-state index in [2.05, 4.69) is 21.2 Å². The Labute approximate surface area is 190 Å². The fraction of sp³-hybridized carbons (Fsp3) is 0.500. The second-order valence-electron chi connectivity index (χ2n) is 8.77. The summed E-state index contributed by atoms with van der Waals surface area (Å²) in [5, 5.41) is 12.0. The molecular formula is C24H30BrF2NO3. The molecule has 31 heavy (non-hydrogen) atoms. The Hall–Kier alpha value is -2.02. The van der Waals surface area contributed by atoms with Crippen LogP contribution in [0.1, 0.15) is 51.7 Å². The first kappa shape index (κ1) is 25.2. The van der Waals surface area contributed by atoms with Gasteiger partial charge in [0.05, 0.1) is 23.2 Å². The van der Waals surface area contributed by atoms with Crippen molar-refractivity contribution in [2.75, 3.05) is 0 Å². The minimum Gasteiger partial charge on any atom is -0.481 e. The number of carbonyl (C=O) groups is 2. The van der Waals surface area contributed by atoms with Gasteiger partial charge in [-0.1, -0.05) is 54.0 Å². The van der Waals surface area contributed by atoms with Crippen molar-refractivity contribution in [1.82, 2.24) is 5.32 Å². The number of carboxylic acids is 1. The molecule has 0 bridgehead atoms. The Balaban J connectivity index is 2.50. The predicted octanol–water partition coefficient (Wildman–Crippen LogP) is 5.75. The normalized spacial score (nSPS) is 23.4. The summed E-state index contributed by atoms with van der Waals surface area (Å²) < 4.78 is 31.7. The van der Waals surface area contributed by atoms with Crippen molar-refractivity contribution < 1.29 is 23.5 Å². The third-order valence-corrected chi connectivity index (χ3v) is 6.43. The highest BCUT2D eigenvalue weighted by molar-refractivity contribution is 9.10. The highest BCUT2D eigenvalue weighted by Gasteiger charge is 2.49. The molecule has 170 valence electrons. The molecule has 1 aromatic carbocycles. The average molecular weight is 498 g/mol. The lowest BCUT2D eigenvalue weighted by Gasteiger charge is -2.40. The van der Waals surface area contributed by atoms with Gasteiger partial charge < -0.3 is 10.4 Å². The minimum atomic E-state index is -2.23. The van der Waals surface area contributed by atoms with E-state index in [1.165, 1.54) is 19.9 Å². The molecule has 0 aliphatic heterocycles. The second-order valence-corrected chi connectivity index (χ2v) is 9.87. The van der Waals surface area contributed by atoms with Gasteiger partial charge in [-0.3, -0.25) is 9.59 Å². The molecule has 1 aromatic rings. The van der Waals surface area contributed by atoms with Gasteiger partial charge in [0.25, 0.3) is 0 Å². The molecular weight excluding hydrogens is 468 g/mol. The molecule has 4 nitrogen and oxygen atoms in total. The first-order chi connectivity index (χ1) is 14.4. The predicted molar refractivity (Wildman–Crippen MR) is 122 cm³/mol. The largest absolute Gasteiger partial charge is 0.481 e. The first-order valence-electron chi connectivity index (χ1n) is 10.4. The maximum atomic E-state index is 16.4. The molecule has 2 rings (SSSR count). The van der Waals surface area contributed by atoms with E-state index in [1.807, 2.05) is 32.9 Å². The zero-order valence-electron chi connectivity index (χ0n) is 18.5. The van der Waals surface area contributed by atoms with Crippen molar-refractivity contribution >= 4 is 33.4 Å². The number of alkyl halides is 2. The number of amides is 1. The number of carbonyl (C=O) groups excluding carboxylic acids is 1. The lowest BCUT2D eigenvalue weighted by Crippen LogP contribution is -2.52. The van der Waals surface area contributed by atoms with Crippen molar-refractivity contribution in [3.05, 3.63) is 52.9 Å². The topological polar surface area (TPSA) is 66.4 Å². The van der Waals surface area contributed by atoms with Crippen LogP contribution in [0, 0.1) is 18.8 Å². The molecule has 7 heteroatoms. The zero-order chi connectivity index (χ0) is 23.5. The number of aryl methyl sites for hydroxylation is 1. The molecule has 0 fully saturated rings. The molecule has 0 radical (unpaired) electrons. The van der Waals surface area contributed by atoms with Crippen LogP contribution < -0.4 is 5.32 Å². The number of halogens is 3. The number of aliphatic carboxylic acids is 1. The van der Waals surface area contributed by atoms with Gasteiger partial charge in [-0.15, -0.1) is 0 Å². The lowest BCUT2D eigenvalue weighted by molar-refractivity contribution is -0.138. The van der Waals surface area contributed by atoms with E-state index in [9.17, 15) is 14.7 Å². The molecule has 1 aliphatic carbocycles. The van der Waals surface area contributed by atoms with Crippen LogP contribution in [0.3, 0.4) is 0 Å². The van der Waals surface area contributed by atoms with Crippen molar-refractivity contribution in [2.45, 2.75) is 64.0 Å². The number of benzene rings is 1. The number of carboxylic acid groups (broad SMARTS) is 1. The maximum Gasteiger partial charge on any atom is 0.305 e. The van der Waals surface area contributed by atoms with Crippen molar-refractivity contribution in [3.8, 4) is 0 Å². The van der Waals surface area contributed by atoms with Crippen LogP contribution >= 0.6 is 15.9 Å². The summed E-state index contributed by atoms with van der Waals surface area (Å²) in [6.07, 6.45) is 1.38. The van der Waals surface area contributed by atoms with Crippen LogP contribution in [-0.2, 0) is 9.59 Å². The Morgan fingerprint density at radius 1 is 1.26 bits per heavy atom. The third kappa shape index (κ3) is 5.82. The Morgan fingerprint density at radius 2 is 1.87 bits per heavy atom. The third-order valence-electron chi connectivity index (χ3n) is 5.64. The second kappa shape index (κ2) is 10.1. The van der Waals surface area contributed by atoms with E-state index in [-0.39, 0.29) is 17.1 Å². The van der Waals surface area contributed by atoms with E-state index in [0.29, 0.717) is 12.0 Å². The summed E-state index contributed by atoms with van der Waals surface area (Å²) in [4.78, 5) is 23.7. The number of allylic oxidation sites excluding steroid dienone is 3. The Morgan fingerprint density at radius 3 is 2.42 bits per heavy atom. The number of hydrogen-bond donors (Lipinski definition) is 2. The number of hydrogen-bond acceptors (Lipinski definition) is 2. The van der Waals surface area contributed by atoms with Gasteiger partial charge in [-0.25, -0.2) is 8.78 Å². The van der Waals surface area contributed by atoms with E-state index in [4.69, 9.17) is 0 Å². The summed E-state index contributed by atoms with van der Waals surface area (Å²) in [6.45, 7) is 8.51. The first-order valence-corrected chi connectivity index (χ1v) is 11.3. The van der Waals surface area contributed by atoms with Crippen molar-refractivity contribution in [2.24, 2.45) is 11.8 Å². The van der Waals surface area contributed by atoms with Crippen LogP contribution in [0.5, 0.6) is 0 Å². The van der Waals surface area contributed by atoms with Gasteiger partial charge in [0.2, 0.25) is 5.91 Å². The van der Waals surface area contributed by atoms with Crippen LogP contribution in [0.4, 0.5) is 8.78 Å². The number of nitrogens with one attached hydrogen (secondary N) is 1. The average Bonchev–Trinajstić information content (AvgIpc) is 2.64. The SMILES string of the molecule is CC1=C(F)C(C(CC(=O)O)NC(=O)C(Br)CC(C)C)C(C)(F)C(c2ccccc2C)=C1. The molecule has 2 N–H and O–H groups in total. The lowest BCUT2D eigenvalue weighted by atomic mass is 9.70. The Bertz CT molecular complexity index is 908. The van der Waals surface area contributed by atoms with E-state index in [0.717, 1.165) is 5.56 Å². The monoisotopic (exact) mass is 497 g/mol. The van der Waals surface area contributed by atoms with Crippen LogP contribution in [-0.4, -0.2) is 33.5 Å². The van der Waals surface area contributed by atoms with E-state index in [1.54, 1.807) is 12.1 Å². The molecule has 0 saturated carbocycles. The summed E-state index contributed by atoms with van der Waals surface area (Å²) in [5.41, 5.74) is -0.286. The summed E-state index contributed by atoms with van der Waals surface area (Å²) in [6, 6.07) is 5.94. The Kier molecular flexibility index (Phi) is 8.20. The summed E-state index contributed by atoms with van der Waals surface area (Å²) in [7, 11) is 0. The molecule has 0 spiro atoms. The smallest absolute Gasteiger partial charge is 0.305 e. The molecule has 0 saturated heterocycles. The van der Waals surface area contributed by atoms with Gasteiger partial charge in [-0.2, -0.15) is 0 Å². The minimum absolute atomic E-state index is 0.212. The van der Waals surface area contributed by atoms with Gasteiger partial charge in [0.15, 0.2) is 0 Å². The molecule has 1 aliphatic rings. The summed E-state index contributed by atoms with van der Waals surface area (Å²) >= 11 is 3.31. The van der Waals surface area contributed by atoms with Gasteiger partial charge >= 0.3 is 5.97 Å². The molecule has 4 unspecified atom stereocenters. The standard InChI is InChI=1S/C24H30BrF2NO3/c1-13(2)10-18(25)23(31)28-19(12-20(29)30)21-22(26)15(4)11-17(24(21,5)27)16-9-7-6-8-14(16)3/h6-9,11,13,18-19,21H,10,12H2,1-5H3,(H,28,31)(H,29,30). The van der Waals surface area contributed by atoms with Crippen molar-refractivity contribution in [3.63, 3.8) is 0 Å². The molecule has 1 amide bonds. The maximum absolute atomic E-state index is 16.4.